The number of benzene rings is 1. The fraction of sp³-hybridized carbons (Fsp3) is 0.375. The lowest BCUT2D eigenvalue weighted by Crippen LogP contribution is -2.26. The lowest BCUT2D eigenvalue weighted by atomic mass is 9.86. The Labute approximate surface area is 116 Å². The lowest BCUT2D eigenvalue weighted by Gasteiger charge is -2.23. The molecule has 4 heteroatoms. The normalized spacial score (nSPS) is 15.1. The minimum absolute atomic E-state index is 0.0228. The van der Waals surface area contributed by atoms with Crippen molar-refractivity contribution in [1.82, 2.24) is 0 Å². The summed E-state index contributed by atoms with van der Waals surface area (Å²) in [6.45, 7) is 3.66. The average Bonchev–Trinajstić information content (AvgIpc) is 2.31. The second-order valence-electron chi connectivity index (χ2n) is 5.36. The third-order valence-electron chi connectivity index (χ3n) is 3.97. The molecule has 3 rings (SSSR count). The predicted molar refractivity (Wildman–Crippen MR) is 74.9 cm³/mol. The number of fused-ring (bicyclic) bond motifs is 1. The van der Waals surface area contributed by atoms with Gasteiger partial charge in [0.05, 0.1) is 5.92 Å². The van der Waals surface area contributed by atoms with Gasteiger partial charge in [0.15, 0.2) is 0 Å². The summed E-state index contributed by atoms with van der Waals surface area (Å²) in [6.07, 6.45) is 2.89. The van der Waals surface area contributed by atoms with Gasteiger partial charge in [-0.05, 0) is 44.4 Å². The Kier molecular flexibility index (Phi) is 3.08. The zero-order valence-corrected chi connectivity index (χ0v) is 11.6. The van der Waals surface area contributed by atoms with Gasteiger partial charge in [-0.3, -0.25) is 4.79 Å². The van der Waals surface area contributed by atoms with Crippen LogP contribution in [-0.2, 0) is 4.79 Å². The van der Waals surface area contributed by atoms with Gasteiger partial charge in [0, 0.05) is 17.0 Å². The largest absolute Gasteiger partial charge is 0.426 e. The van der Waals surface area contributed by atoms with Gasteiger partial charge in [-0.2, -0.15) is 0 Å². The fourth-order valence-electron chi connectivity index (χ4n) is 2.45. The van der Waals surface area contributed by atoms with E-state index in [1.54, 1.807) is 13.0 Å². The average molecular weight is 272 g/mol. The Bertz CT molecular complexity index is 738. The number of carbonyl (C=O) groups is 1. The molecule has 0 N–H and O–H groups in total. The molecule has 1 heterocycles. The molecular weight excluding hydrogens is 256 g/mol. The van der Waals surface area contributed by atoms with Crippen LogP contribution in [0.3, 0.4) is 0 Å². The summed E-state index contributed by atoms with van der Waals surface area (Å²) in [7, 11) is 0. The molecule has 0 aliphatic heterocycles. The zero-order valence-electron chi connectivity index (χ0n) is 11.6. The van der Waals surface area contributed by atoms with Gasteiger partial charge in [0.2, 0.25) is 0 Å². The number of hydrogen-bond donors (Lipinski definition) is 0. The Morgan fingerprint density at radius 1 is 1.30 bits per heavy atom. The quantitative estimate of drug-likeness (QED) is 0.479. The van der Waals surface area contributed by atoms with E-state index >= 15 is 0 Å². The van der Waals surface area contributed by atoms with E-state index in [2.05, 4.69) is 0 Å². The third-order valence-corrected chi connectivity index (χ3v) is 3.97. The van der Waals surface area contributed by atoms with E-state index in [1.165, 1.54) is 6.07 Å². The Hall–Kier alpha value is -2.10. The molecule has 4 nitrogen and oxygen atoms in total. The molecule has 1 aromatic heterocycles. The van der Waals surface area contributed by atoms with E-state index < -0.39 is 0 Å². The second-order valence-corrected chi connectivity index (χ2v) is 5.36. The second kappa shape index (κ2) is 4.78. The molecule has 2 aromatic rings. The predicted octanol–water partition coefficient (Wildman–Crippen LogP) is 3.12. The Balaban J connectivity index is 2.02. The van der Waals surface area contributed by atoms with E-state index in [-0.39, 0.29) is 17.5 Å². The molecule has 1 aliphatic carbocycles. The lowest BCUT2D eigenvalue weighted by molar-refractivity contribution is -0.141. The van der Waals surface area contributed by atoms with Crippen molar-refractivity contribution in [3.63, 3.8) is 0 Å². The van der Waals surface area contributed by atoms with Gasteiger partial charge >= 0.3 is 11.6 Å². The van der Waals surface area contributed by atoms with Gasteiger partial charge in [-0.15, -0.1) is 0 Å². The van der Waals surface area contributed by atoms with Crippen LogP contribution in [0.25, 0.3) is 11.0 Å². The molecule has 0 atom stereocenters. The number of carbonyl (C=O) groups excluding carboxylic acids is 1. The van der Waals surface area contributed by atoms with Crippen molar-refractivity contribution in [1.29, 1.82) is 0 Å². The molecule has 1 saturated carbocycles. The van der Waals surface area contributed by atoms with Crippen molar-refractivity contribution < 1.29 is 13.9 Å². The van der Waals surface area contributed by atoms with E-state index in [4.69, 9.17) is 9.15 Å². The highest BCUT2D eigenvalue weighted by Gasteiger charge is 2.27. The summed E-state index contributed by atoms with van der Waals surface area (Å²) in [6, 6.07) is 5.05. The van der Waals surface area contributed by atoms with Crippen LogP contribution in [0.15, 0.2) is 27.4 Å². The number of aryl methyl sites for hydroxylation is 2. The van der Waals surface area contributed by atoms with Crippen LogP contribution < -0.4 is 10.4 Å². The van der Waals surface area contributed by atoms with Crippen molar-refractivity contribution in [2.24, 2.45) is 5.92 Å². The van der Waals surface area contributed by atoms with E-state index in [0.29, 0.717) is 16.9 Å². The number of rotatable bonds is 2. The molecule has 20 heavy (non-hydrogen) atoms. The van der Waals surface area contributed by atoms with Gasteiger partial charge in [-0.1, -0.05) is 6.42 Å². The molecule has 0 saturated heterocycles. The first kappa shape index (κ1) is 12.9. The molecule has 104 valence electrons. The fourth-order valence-corrected chi connectivity index (χ4v) is 2.45. The molecule has 0 spiro atoms. The van der Waals surface area contributed by atoms with Crippen LogP contribution in [0.2, 0.25) is 0 Å². The third kappa shape index (κ3) is 2.11. The maximum absolute atomic E-state index is 11.9. The first-order chi connectivity index (χ1) is 9.56. The summed E-state index contributed by atoms with van der Waals surface area (Å²) in [5.74, 6) is 0.312. The van der Waals surface area contributed by atoms with E-state index in [1.807, 2.05) is 13.0 Å². The van der Waals surface area contributed by atoms with Crippen molar-refractivity contribution >= 4 is 16.9 Å². The van der Waals surface area contributed by atoms with Gasteiger partial charge in [-0.25, -0.2) is 4.79 Å². The first-order valence-electron chi connectivity index (χ1n) is 6.82. The molecule has 0 unspecified atom stereocenters. The van der Waals surface area contributed by atoms with Gasteiger partial charge in [0.25, 0.3) is 0 Å². The standard InChI is InChI=1S/C16H16O4/c1-9-8-14(17)20-15-10(2)13(7-6-12(9)15)19-16(18)11-4-3-5-11/h6-8,11H,3-5H2,1-2H3. The van der Waals surface area contributed by atoms with Gasteiger partial charge in [0.1, 0.15) is 11.3 Å². The maximum atomic E-state index is 11.9. The highest BCUT2D eigenvalue weighted by molar-refractivity contribution is 5.86. The summed E-state index contributed by atoms with van der Waals surface area (Å²) in [5.41, 5.74) is 1.65. The Morgan fingerprint density at radius 3 is 2.70 bits per heavy atom. The van der Waals surface area contributed by atoms with Gasteiger partial charge < -0.3 is 9.15 Å². The molecule has 0 radical (unpaired) electrons. The smallest absolute Gasteiger partial charge is 0.336 e. The highest BCUT2D eigenvalue weighted by Crippen LogP contribution is 2.31. The summed E-state index contributed by atoms with van der Waals surface area (Å²) in [4.78, 5) is 23.4. The van der Waals surface area contributed by atoms with Crippen LogP contribution >= 0.6 is 0 Å². The Morgan fingerprint density at radius 2 is 2.05 bits per heavy atom. The van der Waals surface area contributed by atoms with Crippen molar-refractivity contribution in [2.75, 3.05) is 0 Å². The van der Waals surface area contributed by atoms with Crippen LogP contribution in [0.5, 0.6) is 5.75 Å². The molecule has 1 fully saturated rings. The van der Waals surface area contributed by atoms with Crippen LogP contribution in [0.1, 0.15) is 30.4 Å². The summed E-state index contributed by atoms with van der Waals surface area (Å²) < 4.78 is 10.7. The number of ether oxygens (including phenoxy) is 1. The zero-order chi connectivity index (χ0) is 14.3. The van der Waals surface area contributed by atoms with Crippen molar-refractivity contribution in [3.05, 3.63) is 39.7 Å². The van der Waals surface area contributed by atoms with Crippen LogP contribution in [-0.4, -0.2) is 5.97 Å². The number of hydrogen-bond acceptors (Lipinski definition) is 4. The van der Waals surface area contributed by atoms with E-state index in [0.717, 1.165) is 30.2 Å². The molecule has 1 aromatic carbocycles. The van der Waals surface area contributed by atoms with E-state index in [9.17, 15) is 9.59 Å². The molecular formula is C16H16O4. The minimum atomic E-state index is -0.388. The highest BCUT2D eigenvalue weighted by atomic mass is 16.5. The minimum Gasteiger partial charge on any atom is -0.426 e. The SMILES string of the molecule is Cc1cc(=O)oc2c(C)c(OC(=O)C3CCC3)ccc12. The molecule has 0 bridgehead atoms. The molecule has 0 amide bonds. The maximum Gasteiger partial charge on any atom is 0.336 e. The van der Waals surface area contributed by atoms with Crippen LogP contribution in [0, 0.1) is 19.8 Å². The van der Waals surface area contributed by atoms with Crippen molar-refractivity contribution in [2.45, 2.75) is 33.1 Å². The first-order valence-corrected chi connectivity index (χ1v) is 6.82. The monoisotopic (exact) mass is 272 g/mol. The number of esters is 1. The topological polar surface area (TPSA) is 56.5 Å². The molecule has 1 aliphatic rings. The van der Waals surface area contributed by atoms with Crippen molar-refractivity contribution in [3.8, 4) is 5.75 Å². The summed E-state index contributed by atoms with van der Waals surface area (Å²) >= 11 is 0. The summed E-state index contributed by atoms with van der Waals surface area (Å²) in [5, 5.41) is 0.866. The van der Waals surface area contributed by atoms with Crippen LogP contribution in [0.4, 0.5) is 0 Å².